The Morgan fingerprint density at radius 1 is 1.14 bits per heavy atom. The van der Waals surface area contributed by atoms with Crippen LogP contribution in [0.5, 0.6) is 0 Å². The molecule has 0 saturated heterocycles. The van der Waals surface area contributed by atoms with E-state index < -0.39 is 19.9 Å². The molecule has 112 valence electrons. The highest BCUT2D eigenvalue weighted by molar-refractivity contribution is 7.93. The second-order valence-corrected chi connectivity index (χ2v) is 7.85. The van der Waals surface area contributed by atoms with Crippen LogP contribution >= 0.6 is 0 Å². The van der Waals surface area contributed by atoms with Crippen LogP contribution in [0.15, 0.2) is 46.3 Å². The minimum atomic E-state index is -4.07. The Kier molecular flexibility index (Phi) is 3.83. The standard InChI is InChI=1S/C11H12N4O4S2/c1-20(16,17)8-4-5-9(12)10(7-8)21(18,19)15-11-3-2-6-13-14-11/h2-7H,12H2,1H3,(H,14,15). The van der Waals surface area contributed by atoms with Gasteiger partial charge in [-0.25, -0.2) is 16.8 Å². The van der Waals surface area contributed by atoms with Gasteiger partial charge in [-0.15, -0.1) is 5.10 Å². The van der Waals surface area contributed by atoms with Crippen molar-refractivity contribution in [3.63, 3.8) is 0 Å². The third kappa shape index (κ3) is 3.47. The number of anilines is 2. The van der Waals surface area contributed by atoms with Gasteiger partial charge in [0.15, 0.2) is 15.7 Å². The molecule has 8 nitrogen and oxygen atoms in total. The van der Waals surface area contributed by atoms with Crippen molar-refractivity contribution in [2.24, 2.45) is 0 Å². The minimum absolute atomic E-state index is 0.00154. The molecule has 0 radical (unpaired) electrons. The fourth-order valence-corrected chi connectivity index (χ4v) is 3.40. The summed E-state index contributed by atoms with van der Waals surface area (Å²) in [5, 5.41) is 7.13. The Labute approximate surface area is 122 Å². The predicted molar refractivity (Wildman–Crippen MR) is 76.8 cm³/mol. The molecule has 0 amide bonds. The number of benzene rings is 1. The normalized spacial score (nSPS) is 12.0. The van der Waals surface area contributed by atoms with Crippen LogP contribution in [0.4, 0.5) is 11.5 Å². The molecule has 0 spiro atoms. The summed E-state index contributed by atoms with van der Waals surface area (Å²) < 4.78 is 49.7. The fraction of sp³-hybridized carbons (Fsp3) is 0.0909. The SMILES string of the molecule is CS(=O)(=O)c1ccc(N)c(S(=O)(=O)Nc2cccnn2)c1. The minimum Gasteiger partial charge on any atom is -0.398 e. The number of sulfone groups is 1. The van der Waals surface area contributed by atoms with Gasteiger partial charge in [-0.05, 0) is 30.3 Å². The van der Waals surface area contributed by atoms with Crippen molar-refractivity contribution in [2.45, 2.75) is 9.79 Å². The van der Waals surface area contributed by atoms with E-state index >= 15 is 0 Å². The van der Waals surface area contributed by atoms with Crippen LogP contribution < -0.4 is 10.5 Å². The lowest BCUT2D eigenvalue weighted by molar-refractivity contribution is 0.600. The van der Waals surface area contributed by atoms with Gasteiger partial charge in [0.05, 0.1) is 10.6 Å². The van der Waals surface area contributed by atoms with E-state index in [2.05, 4.69) is 14.9 Å². The molecule has 1 aromatic heterocycles. The third-order valence-electron chi connectivity index (χ3n) is 2.51. The number of hydrogen-bond acceptors (Lipinski definition) is 7. The second kappa shape index (κ2) is 5.30. The molecule has 2 aromatic rings. The van der Waals surface area contributed by atoms with Gasteiger partial charge in [-0.3, -0.25) is 4.72 Å². The summed E-state index contributed by atoms with van der Waals surface area (Å²) in [6.45, 7) is 0. The average molecular weight is 328 g/mol. The average Bonchev–Trinajstić information content (AvgIpc) is 2.38. The lowest BCUT2D eigenvalue weighted by Crippen LogP contribution is -2.16. The number of hydrogen-bond donors (Lipinski definition) is 2. The molecular formula is C11H12N4O4S2. The van der Waals surface area contributed by atoms with Gasteiger partial charge in [0.1, 0.15) is 4.90 Å². The van der Waals surface area contributed by atoms with Gasteiger partial charge in [0.25, 0.3) is 10.0 Å². The van der Waals surface area contributed by atoms with Gasteiger partial charge >= 0.3 is 0 Å². The summed E-state index contributed by atoms with van der Waals surface area (Å²) in [5.41, 5.74) is 5.55. The first-order valence-electron chi connectivity index (χ1n) is 5.60. The molecule has 0 fully saturated rings. The van der Waals surface area contributed by atoms with Crippen LogP contribution in [-0.2, 0) is 19.9 Å². The molecule has 21 heavy (non-hydrogen) atoms. The number of aromatic nitrogens is 2. The largest absolute Gasteiger partial charge is 0.398 e. The molecule has 0 atom stereocenters. The third-order valence-corrected chi connectivity index (χ3v) is 5.03. The Bertz CT molecular complexity index is 864. The number of nitrogens with two attached hydrogens (primary N) is 1. The van der Waals surface area contributed by atoms with Crippen molar-refractivity contribution in [3.8, 4) is 0 Å². The Balaban J connectivity index is 2.50. The highest BCUT2D eigenvalue weighted by Gasteiger charge is 2.21. The quantitative estimate of drug-likeness (QED) is 0.769. The van der Waals surface area contributed by atoms with Crippen LogP contribution in [0, 0.1) is 0 Å². The van der Waals surface area contributed by atoms with E-state index in [1.807, 2.05) is 0 Å². The Hall–Kier alpha value is -2.20. The number of nitrogen functional groups attached to an aromatic ring is 1. The summed E-state index contributed by atoms with van der Waals surface area (Å²) in [6, 6.07) is 6.37. The maximum Gasteiger partial charge on any atom is 0.265 e. The molecule has 0 saturated carbocycles. The molecule has 1 heterocycles. The van der Waals surface area contributed by atoms with Crippen LogP contribution in [0.2, 0.25) is 0 Å². The van der Waals surface area contributed by atoms with Crippen molar-refractivity contribution in [2.75, 3.05) is 16.7 Å². The van der Waals surface area contributed by atoms with E-state index in [1.54, 1.807) is 0 Å². The first-order valence-corrected chi connectivity index (χ1v) is 8.98. The Morgan fingerprint density at radius 2 is 1.86 bits per heavy atom. The summed E-state index contributed by atoms with van der Waals surface area (Å²) in [6.07, 6.45) is 2.36. The number of nitrogens with zero attached hydrogens (tertiary/aromatic N) is 2. The van der Waals surface area contributed by atoms with Gasteiger partial charge in [-0.1, -0.05) is 0 Å². The van der Waals surface area contributed by atoms with E-state index in [9.17, 15) is 16.8 Å². The number of rotatable bonds is 4. The predicted octanol–water partition coefficient (Wildman–Crippen LogP) is 0.263. The summed E-state index contributed by atoms with van der Waals surface area (Å²) in [7, 11) is -7.62. The zero-order valence-electron chi connectivity index (χ0n) is 10.9. The summed E-state index contributed by atoms with van der Waals surface area (Å²) in [4.78, 5) is -0.479. The van der Waals surface area contributed by atoms with Gasteiger partial charge in [0.2, 0.25) is 0 Å². The van der Waals surface area contributed by atoms with Crippen molar-refractivity contribution in [3.05, 3.63) is 36.5 Å². The zero-order valence-corrected chi connectivity index (χ0v) is 12.5. The topological polar surface area (TPSA) is 132 Å². The Morgan fingerprint density at radius 3 is 2.43 bits per heavy atom. The fourth-order valence-electron chi connectivity index (χ4n) is 1.53. The highest BCUT2D eigenvalue weighted by atomic mass is 32.2. The number of nitrogens with one attached hydrogen (secondary N) is 1. The van der Waals surface area contributed by atoms with Crippen molar-refractivity contribution in [1.29, 1.82) is 0 Å². The van der Waals surface area contributed by atoms with E-state index in [-0.39, 0.29) is 21.3 Å². The zero-order chi connectivity index (χ0) is 15.7. The first-order chi connectivity index (χ1) is 9.70. The molecule has 0 aliphatic carbocycles. The first kappa shape index (κ1) is 15.2. The maximum atomic E-state index is 12.2. The van der Waals surface area contributed by atoms with Crippen LogP contribution in [-0.4, -0.2) is 33.3 Å². The van der Waals surface area contributed by atoms with Crippen molar-refractivity contribution < 1.29 is 16.8 Å². The van der Waals surface area contributed by atoms with Gasteiger partial charge in [0, 0.05) is 12.5 Å². The van der Waals surface area contributed by atoms with Crippen molar-refractivity contribution >= 4 is 31.4 Å². The molecule has 2 rings (SSSR count). The smallest absolute Gasteiger partial charge is 0.265 e. The lowest BCUT2D eigenvalue weighted by Gasteiger charge is -2.10. The van der Waals surface area contributed by atoms with E-state index in [4.69, 9.17) is 5.73 Å². The maximum absolute atomic E-state index is 12.2. The molecule has 0 bridgehead atoms. The second-order valence-electron chi connectivity index (χ2n) is 4.19. The van der Waals surface area contributed by atoms with Gasteiger partial charge in [-0.2, -0.15) is 5.10 Å². The van der Waals surface area contributed by atoms with Crippen molar-refractivity contribution in [1.82, 2.24) is 10.2 Å². The molecule has 0 aliphatic rings. The monoisotopic (exact) mass is 328 g/mol. The summed E-state index contributed by atoms with van der Waals surface area (Å²) >= 11 is 0. The highest BCUT2D eigenvalue weighted by Crippen LogP contribution is 2.24. The molecule has 0 unspecified atom stereocenters. The molecule has 0 aliphatic heterocycles. The van der Waals surface area contributed by atoms with Gasteiger partial charge < -0.3 is 5.73 Å². The summed E-state index contributed by atoms with van der Waals surface area (Å²) in [5.74, 6) is 0.00154. The molecular weight excluding hydrogens is 316 g/mol. The van der Waals surface area contributed by atoms with E-state index in [1.165, 1.54) is 30.5 Å². The number of sulfonamides is 1. The molecule has 1 aromatic carbocycles. The lowest BCUT2D eigenvalue weighted by atomic mass is 10.3. The van der Waals surface area contributed by atoms with E-state index in [0.717, 1.165) is 12.3 Å². The van der Waals surface area contributed by atoms with Crippen LogP contribution in [0.25, 0.3) is 0 Å². The molecule has 3 N–H and O–H groups in total. The van der Waals surface area contributed by atoms with E-state index in [0.29, 0.717) is 0 Å². The van der Waals surface area contributed by atoms with Crippen LogP contribution in [0.1, 0.15) is 0 Å². The van der Waals surface area contributed by atoms with Crippen LogP contribution in [0.3, 0.4) is 0 Å². The molecule has 10 heteroatoms.